The summed E-state index contributed by atoms with van der Waals surface area (Å²) >= 11 is 0. The molecule has 0 aromatic carbocycles. The Labute approximate surface area is 82.3 Å². The summed E-state index contributed by atoms with van der Waals surface area (Å²) in [6, 6.07) is 0. The van der Waals surface area contributed by atoms with Crippen LogP contribution in [0, 0.1) is 11.3 Å². The lowest BCUT2D eigenvalue weighted by atomic mass is 10.0. The molecule has 0 bridgehead atoms. The van der Waals surface area contributed by atoms with Gasteiger partial charge >= 0.3 is 0 Å². The van der Waals surface area contributed by atoms with E-state index in [2.05, 4.69) is 19.2 Å². The highest BCUT2D eigenvalue weighted by molar-refractivity contribution is 4.95. The fourth-order valence-corrected chi connectivity index (χ4v) is 1.75. The van der Waals surface area contributed by atoms with Crippen LogP contribution >= 0.6 is 0 Å². The van der Waals surface area contributed by atoms with Crippen LogP contribution in [-0.4, -0.2) is 19.6 Å². The van der Waals surface area contributed by atoms with E-state index in [1.807, 2.05) is 0 Å². The zero-order chi connectivity index (χ0) is 9.73. The molecular formula is C11H24N2. The van der Waals surface area contributed by atoms with Crippen LogP contribution < -0.4 is 11.1 Å². The molecule has 2 heteroatoms. The average Bonchev–Trinajstić information content (AvgIpc) is 2.93. The molecule has 1 aliphatic rings. The molecule has 0 aliphatic heterocycles. The number of nitrogens with two attached hydrogens (primary N) is 1. The quantitative estimate of drug-likeness (QED) is 0.632. The molecule has 1 fully saturated rings. The maximum Gasteiger partial charge on any atom is 0.00200 e. The van der Waals surface area contributed by atoms with E-state index in [0.717, 1.165) is 19.0 Å². The third-order valence-electron chi connectivity index (χ3n) is 3.48. The van der Waals surface area contributed by atoms with Crippen molar-refractivity contribution in [2.75, 3.05) is 19.6 Å². The summed E-state index contributed by atoms with van der Waals surface area (Å²) in [5, 5.41) is 3.56. The van der Waals surface area contributed by atoms with Crippen molar-refractivity contribution in [3.63, 3.8) is 0 Å². The number of hydrogen-bond donors (Lipinski definition) is 2. The van der Waals surface area contributed by atoms with Crippen molar-refractivity contribution in [2.45, 2.75) is 39.5 Å². The van der Waals surface area contributed by atoms with Gasteiger partial charge in [0.1, 0.15) is 0 Å². The van der Waals surface area contributed by atoms with E-state index < -0.39 is 0 Å². The Balaban J connectivity index is 2.06. The van der Waals surface area contributed by atoms with Crippen LogP contribution in [0.15, 0.2) is 0 Å². The molecule has 2 nitrogen and oxygen atoms in total. The van der Waals surface area contributed by atoms with Crippen molar-refractivity contribution in [1.82, 2.24) is 5.32 Å². The fraction of sp³-hybridized carbons (Fsp3) is 1.00. The zero-order valence-electron chi connectivity index (χ0n) is 9.10. The minimum atomic E-state index is 0.492. The van der Waals surface area contributed by atoms with Crippen LogP contribution in [0.4, 0.5) is 0 Å². The Morgan fingerprint density at radius 3 is 2.31 bits per heavy atom. The lowest BCUT2D eigenvalue weighted by Crippen LogP contribution is -2.32. The van der Waals surface area contributed by atoms with Crippen molar-refractivity contribution >= 4 is 0 Å². The molecule has 0 spiro atoms. The van der Waals surface area contributed by atoms with Gasteiger partial charge in [0.05, 0.1) is 0 Å². The van der Waals surface area contributed by atoms with Gasteiger partial charge in [0, 0.05) is 6.54 Å². The fourth-order valence-electron chi connectivity index (χ4n) is 1.75. The predicted octanol–water partition coefficient (Wildman–Crippen LogP) is 1.75. The van der Waals surface area contributed by atoms with Gasteiger partial charge in [-0.05, 0) is 37.3 Å². The zero-order valence-corrected chi connectivity index (χ0v) is 9.10. The van der Waals surface area contributed by atoms with Gasteiger partial charge in [-0.2, -0.15) is 0 Å². The summed E-state index contributed by atoms with van der Waals surface area (Å²) in [5.74, 6) is 0.855. The van der Waals surface area contributed by atoms with Gasteiger partial charge < -0.3 is 11.1 Å². The highest BCUT2D eigenvalue weighted by Gasteiger charge is 2.40. The molecule has 0 saturated heterocycles. The van der Waals surface area contributed by atoms with E-state index in [0.29, 0.717) is 5.41 Å². The van der Waals surface area contributed by atoms with Gasteiger partial charge in [0.15, 0.2) is 0 Å². The van der Waals surface area contributed by atoms with Crippen LogP contribution in [0.5, 0.6) is 0 Å². The monoisotopic (exact) mass is 184 g/mol. The molecule has 0 atom stereocenters. The Morgan fingerprint density at radius 1 is 1.31 bits per heavy atom. The second-order valence-electron chi connectivity index (χ2n) is 4.52. The molecule has 0 unspecified atom stereocenters. The summed E-state index contributed by atoms with van der Waals surface area (Å²) in [5.41, 5.74) is 6.20. The standard InChI is InChI=1S/C11H24N2/c1-3-10(4-2)7-13-9-11(8-12)5-6-11/h10,13H,3-9,12H2,1-2H3. The van der Waals surface area contributed by atoms with Crippen LogP contribution in [0.3, 0.4) is 0 Å². The predicted molar refractivity (Wildman–Crippen MR) is 57.7 cm³/mol. The second kappa shape index (κ2) is 4.97. The molecule has 0 aromatic heterocycles. The van der Waals surface area contributed by atoms with Gasteiger partial charge in [0.25, 0.3) is 0 Å². The maximum atomic E-state index is 5.71. The highest BCUT2D eigenvalue weighted by atomic mass is 14.9. The topological polar surface area (TPSA) is 38.0 Å². The first-order chi connectivity index (χ1) is 6.26. The molecule has 0 heterocycles. The molecule has 0 aromatic rings. The Morgan fingerprint density at radius 2 is 1.92 bits per heavy atom. The Bertz CT molecular complexity index is 137. The smallest absolute Gasteiger partial charge is 0.00200 e. The van der Waals surface area contributed by atoms with E-state index in [9.17, 15) is 0 Å². The lowest BCUT2D eigenvalue weighted by molar-refractivity contribution is 0.402. The first-order valence-electron chi connectivity index (χ1n) is 5.67. The second-order valence-corrected chi connectivity index (χ2v) is 4.52. The van der Waals surface area contributed by atoms with Crippen LogP contribution in [0.25, 0.3) is 0 Å². The largest absolute Gasteiger partial charge is 0.330 e. The molecule has 13 heavy (non-hydrogen) atoms. The molecule has 1 saturated carbocycles. The van der Waals surface area contributed by atoms with Crippen molar-refractivity contribution in [2.24, 2.45) is 17.1 Å². The van der Waals surface area contributed by atoms with Gasteiger partial charge in [-0.1, -0.05) is 26.7 Å². The molecule has 3 N–H and O–H groups in total. The van der Waals surface area contributed by atoms with E-state index in [4.69, 9.17) is 5.73 Å². The number of rotatable bonds is 7. The van der Waals surface area contributed by atoms with Crippen LogP contribution in [0.1, 0.15) is 39.5 Å². The van der Waals surface area contributed by atoms with Crippen molar-refractivity contribution < 1.29 is 0 Å². The van der Waals surface area contributed by atoms with Crippen LogP contribution in [-0.2, 0) is 0 Å². The van der Waals surface area contributed by atoms with E-state index in [-0.39, 0.29) is 0 Å². The van der Waals surface area contributed by atoms with Gasteiger partial charge in [-0.25, -0.2) is 0 Å². The molecule has 78 valence electrons. The number of hydrogen-bond acceptors (Lipinski definition) is 2. The Kier molecular flexibility index (Phi) is 4.20. The molecule has 0 radical (unpaired) electrons. The summed E-state index contributed by atoms with van der Waals surface area (Å²) < 4.78 is 0. The third-order valence-corrected chi connectivity index (χ3v) is 3.48. The summed E-state index contributed by atoms with van der Waals surface area (Å²) in [7, 11) is 0. The lowest BCUT2D eigenvalue weighted by Gasteiger charge is -2.17. The molecule has 1 aliphatic carbocycles. The minimum Gasteiger partial charge on any atom is -0.330 e. The summed E-state index contributed by atoms with van der Waals surface area (Å²) in [4.78, 5) is 0. The van der Waals surface area contributed by atoms with E-state index in [1.54, 1.807) is 0 Å². The molecular weight excluding hydrogens is 160 g/mol. The van der Waals surface area contributed by atoms with Gasteiger partial charge in [0.2, 0.25) is 0 Å². The van der Waals surface area contributed by atoms with E-state index in [1.165, 1.54) is 32.2 Å². The van der Waals surface area contributed by atoms with Crippen molar-refractivity contribution in [3.8, 4) is 0 Å². The van der Waals surface area contributed by atoms with Crippen molar-refractivity contribution in [1.29, 1.82) is 0 Å². The normalized spacial score (nSPS) is 19.4. The Hall–Kier alpha value is -0.0800. The summed E-state index contributed by atoms with van der Waals surface area (Å²) in [6.07, 6.45) is 5.25. The van der Waals surface area contributed by atoms with E-state index >= 15 is 0 Å². The van der Waals surface area contributed by atoms with Gasteiger partial charge in [-0.3, -0.25) is 0 Å². The first-order valence-corrected chi connectivity index (χ1v) is 5.67. The minimum absolute atomic E-state index is 0.492. The van der Waals surface area contributed by atoms with Crippen molar-refractivity contribution in [3.05, 3.63) is 0 Å². The molecule has 0 amide bonds. The highest BCUT2D eigenvalue weighted by Crippen LogP contribution is 2.43. The molecule has 1 rings (SSSR count). The third kappa shape index (κ3) is 3.28. The summed E-state index contributed by atoms with van der Waals surface area (Å²) in [6.45, 7) is 7.72. The average molecular weight is 184 g/mol. The van der Waals surface area contributed by atoms with Gasteiger partial charge in [-0.15, -0.1) is 0 Å². The van der Waals surface area contributed by atoms with Crippen LogP contribution in [0.2, 0.25) is 0 Å². The SMILES string of the molecule is CCC(CC)CNCC1(CN)CC1. The number of nitrogens with one attached hydrogen (secondary N) is 1. The first kappa shape index (κ1) is 11.0. The maximum absolute atomic E-state index is 5.71.